The minimum atomic E-state index is -0.870. The number of aryl methyl sites for hydroxylation is 1. The number of imidazole rings is 1. The molecule has 0 amide bonds. The lowest BCUT2D eigenvalue weighted by molar-refractivity contribution is -0.144. The van der Waals surface area contributed by atoms with Crippen molar-refractivity contribution < 1.29 is 14.3 Å². The Bertz CT molecular complexity index is 912. The van der Waals surface area contributed by atoms with Crippen LogP contribution in [0, 0.1) is 6.92 Å². The molecule has 1 atom stereocenters. The number of aliphatic carboxylic acids is 1. The molecule has 3 aromatic rings. The molecule has 0 saturated heterocycles. The van der Waals surface area contributed by atoms with Crippen molar-refractivity contribution in [1.82, 2.24) is 14.9 Å². The van der Waals surface area contributed by atoms with Gasteiger partial charge in [0, 0.05) is 30.8 Å². The number of carboxylic acid groups (broad SMARTS) is 1. The highest BCUT2D eigenvalue weighted by Gasteiger charge is 2.35. The van der Waals surface area contributed by atoms with Gasteiger partial charge in [-0.25, -0.2) is 4.98 Å². The van der Waals surface area contributed by atoms with Gasteiger partial charge < -0.3 is 14.5 Å². The Morgan fingerprint density at radius 2 is 2.28 bits per heavy atom. The lowest BCUT2D eigenvalue weighted by Gasteiger charge is -2.32. The van der Waals surface area contributed by atoms with E-state index in [4.69, 9.17) is 4.42 Å². The summed E-state index contributed by atoms with van der Waals surface area (Å²) in [5, 5.41) is 9.68. The Kier molecular flexibility index (Phi) is 3.89. The second-order valence-electron chi connectivity index (χ2n) is 6.34. The highest BCUT2D eigenvalue weighted by atomic mass is 16.4. The first-order chi connectivity index (χ1) is 12.1. The van der Waals surface area contributed by atoms with E-state index in [-0.39, 0.29) is 0 Å². The predicted molar refractivity (Wildman–Crippen MR) is 92.0 cm³/mol. The number of furan rings is 1. The second-order valence-corrected chi connectivity index (χ2v) is 6.34. The van der Waals surface area contributed by atoms with Crippen LogP contribution >= 0.6 is 0 Å². The minimum absolute atomic E-state index is 0.552. The van der Waals surface area contributed by atoms with Crippen LogP contribution in [-0.4, -0.2) is 32.5 Å². The molecule has 1 aliphatic heterocycles. The quantitative estimate of drug-likeness (QED) is 0.764. The van der Waals surface area contributed by atoms with Crippen LogP contribution in [0.4, 0.5) is 0 Å². The Labute approximate surface area is 145 Å². The molecule has 1 unspecified atom stereocenters. The average Bonchev–Trinajstić information content (AvgIpc) is 3.23. The van der Waals surface area contributed by atoms with E-state index >= 15 is 0 Å². The van der Waals surface area contributed by atoms with Crippen LogP contribution in [0.1, 0.15) is 28.8 Å². The van der Waals surface area contributed by atoms with Gasteiger partial charge in [-0.2, -0.15) is 0 Å². The number of nitrogens with one attached hydrogen (secondary N) is 1. The minimum Gasteiger partial charge on any atom is -0.480 e. The second kappa shape index (κ2) is 6.22. The molecule has 0 fully saturated rings. The first-order valence-electron chi connectivity index (χ1n) is 8.26. The maximum atomic E-state index is 11.8. The van der Waals surface area contributed by atoms with Crippen molar-refractivity contribution in [3.63, 3.8) is 0 Å². The third kappa shape index (κ3) is 2.96. The number of carboxylic acids is 1. The van der Waals surface area contributed by atoms with Crippen LogP contribution in [-0.2, 0) is 17.8 Å². The van der Waals surface area contributed by atoms with Crippen molar-refractivity contribution in [2.75, 3.05) is 6.54 Å². The van der Waals surface area contributed by atoms with Crippen molar-refractivity contribution in [1.29, 1.82) is 0 Å². The molecule has 3 heterocycles. The smallest absolute Gasteiger partial charge is 0.327 e. The van der Waals surface area contributed by atoms with Gasteiger partial charge in [0.1, 0.15) is 11.5 Å². The van der Waals surface area contributed by atoms with Gasteiger partial charge in [0.05, 0.1) is 12.0 Å². The topological polar surface area (TPSA) is 82.4 Å². The molecule has 1 aromatic carbocycles. The molecule has 6 heteroatoms. The molecular formula is C19H19N3O3. The summed E-state index contributed by atoms with van der Waals surface area (Å²) in [6, 6.07) is 11.2. The Hall–Kier alpha value is -2.86. The number of H-pyrrole nitrogens is 1. The zero-order valence-electron chi connectivity index (χ0n) is 13.9. The molecule has 25 heavy (non-hydrogen) atoms. The summed E-state index contributed by atoms with van der Waals surface area (Å²) in [4.78, 5) is 21.0. The summed E-state index contributed by atoms with van der Waals surface area (Å²) in [6.45, 7) is 3.15. The summed E-state index contributed by atoms with van der Waals surface area (Å²) in [6.07, 6.45) is 2.35. The number of carbonyl (C=O) groups is 1. The monoisotopic (exact) mass is 337 g/mol. The van der Waals surface area contributed by atoms with E-state index in [0.29, 0.717) is 18.8 Å². The van der Waals surface area contributed by atoms with Gasteiger partial charge in [-0.3, -0.25) is 9.69 Å². The molecule has 4 rings (SSSR count). The fourth-order valence-electron chi connectivity index (χ4n) is 3.42. The summed E-state index contributed by atoms with van der Waals surface area (Å²) in [5.74, 6) is 0.821. The molecule has 0 saturated carbocycles. The standard InChI is InChI=1S/C19H19N3O3/c1-12-5-6-16(25-12)14-4-2-3-13(9-14)10-22-8-7-15-17(21-11-20-15)18(22)19(23)24/h2-6,9,11,18H,7-8,10H2,1H3,(H,20,21)(H,23,24). The number of hydrogen-bond donors (Lipinski definition) is 2. The summed E-state index contributed by atoms with van der Waals surface area (Å²) < 4.78 is 5.69. The SMILES string of the molecule is Cc1ccc(-c2cccc(CN3CCc4[nH]cnc4C3C(=O)O)c2)o1. The van der Waals surface area contributed by atoms with Gasteiger partial charge >= 0.3 is 5.97 Å². The molecule has 0 spiro atoms. The number of rotatable bonds is 4. The molecule has 1 aliphatic rings. The normalized spacial score (nSPS) is 17.4. The van der Waals surface area contributed by atoms with E-state index in [2.05, 4.69) is 16.0 Å². The number of aromatic amines is 1. The average molecular weight is 337 g/mol. The van der Waals surface area contributed by atoms with Crippen molar-refractivity contribution in [2.45, 2.75) is 25.9 Å². The molecule has 0 bridgehead atoms. The van der Waals surface area contributed by atoms with Gasteiger partial charge in [-0.15, -0.1) is 0 Å². The third-order valence-corrected chi connectivity index (χ3v) is 4.60. The summed E-state index contributed by atoms with van der Waals surface area (Å²) in [5.41, 5.74) is 3.59. The fraction of sp³-hybridized carbons (Fsp3) is 0.263. The van der Waals surface area contributed by atoms with Crippen LogP contribution in [0.5, 0.6) is 0 Å². The number of fused-ring (bicyclic) bond motifs is 1. The van der Waals surface area contributed by atoms with Crippen molar-refractivity contribution >= 4 is 5.97 Å². The highest BCUT2D eigenvalue weighted by molar-refractivity contribution is 5.75. The maximum absolute atomic E-state index is 11.8. The van der Waals surface area contributed by atoms with Gasteiger partial charge in [-0.05, 0) is 30.7 Å². The van der Waals surface area contributed by atoms with E-state index in [0.717, 1.165) is 34.8 Å². The zero-order chi connectivity index (χ0) is 17.4. The largest absolute Gasteiger partial charge is 0.480 e. The van der Waals surface area contributed by atoms with Gasteiger partial charge in [0.2, 0.25) is 0 Å². The maximum Gasteiger partial charge on any atom is 0.327 e. The Balaban J connectivity index is 1.61. The fourth-order valence-corrected chi connectivity index (χ4v) is 3.42. The lowest BCUT2D eigenvalue weighted by Crippen LogP contribution is -2.39. The number of benzene rings is 1. The summed E-state index contributed by atoms with van der Waals surface area (Å²) >= 11 is 0. The molecule has 128 valence electrons. The first kappa shape index (κ1) is 15.7. The third-order valence-electron chi connectivity index (χ3n) is 4.60. The van der Waals surface area contributed by atoms with Crippen LogP contribution in [0.25, 0.3) is 11.3 Å². The van der Waals surface area contributed by atoms with E-state index in [1.54, 1.807) is 6.33 Å². The molecular weight excluding hydrogens is 318 g/mol. The first-order valence-corrected chi connectivity index (χ1v) is 8.26. The van der Waals surface area contributed by atoms with Crippen LogP contribution in [0.2, 0.25) is 0 Å². The number of aromatic nitrogens is 2. The molecule has 0 aliphatic carbocycles. The van der Waals surface area contributed by atoms with Crippen molar-refractivity contribution in [2.24, 2.45) is 0 Å². The van der Waals surface area contributed by atoms with Gasteiger partial charge in [0.25, 0.3) is 0 Å². The van der Waals surface area contributed by atoms with Gasteiger partial charge in [0.15, 0.2) is 6.04 Å². The molecule has 2 aromatic heterocycles. The van der Waals surface area contributed by atoms with Crippen molar-refractivity contribution in [3.05, 3.63) is 65.4 Å². The predicted octanol–water partition coefficient (Wildman–Crippen LogP) is 3.16. The van der Waals surface area contributed by atoms with E-state index in [9.17, 15) is 9.90 Å². The highest BCUT2D eigenvalue weighted by Crippen LogP contribution is 2.30. The van der Waals surface area contributed by atoms with E-state index in [1.165, 1.54) is 0 Å². The Morgan fingerprint density at radius 1 is 1.40 bits per heavy atom. The molecule has 0 radical (unpaired) electrons. The van der Waals surface area contributed by atoms with Crippen LogP contribution in [0.3, 0.4) is 0 Å². The van der Waals surface area contributed by atoms with Crippen molar-refractivity contribution in [3.8, 4) is 11.3 Å². The lowest BCUT2D eigenvalue weighted by atomic mass is 10.0. The Morgan fingerprint density at radius 3 is 3.04 bits per heavy atom. The summed E-state index contributed by atoms with van der Waals surface area (Å²) in [7, 11) is 0. The van der Waals surface area contributed by atoms with Crippen LogP contribution in [0.15, 0.2) is 47.1 Å². The number of nitrogens with zero attached hydrogens (tertiary/aromatic N) is 2. The molecule has 6 nitrogen and oxygen atoms in total. The van der Waals surface area contributed by atoms with E-state index < -0.39 is 12.0 Å². The number of hydrogen-bond acceptors (Lipinski definition) is 4. The van der Waals surface area contributed by atoms with Gasteiger partial charge in [-0.1, -0.05) is 18.2 Å². The zero-order valence-corrected chi connectivity index (χ0v) is 13.9. The van der Waals surface area contributed by atoms with Crippen LogP contribution < -0.4 is 0 Å². The van der Waals surface area contributed by atoms with E-state index in [1.807, 2.05) is 42.2 Å². The molecule has 2 N–H and O–H groups in total.